The standard InChI is InChI=1S/C18H15BFN5O4S.C8H15NO/c1-3-25(2)30-24-10-5-4-9(20)16(8(10)6-21)29-17-12(19)11-13(14(26)15(17)27)22-7-23-18(11)28;1-2-8(10-7-1)3-5-9-6-4-8/h4-5,7,24,26-27H,3H2,1-2H3,(H,22,23,28);9H,1-7H2. The van der Waals surface area contributed by atoms with E-state index >= 15 is 0 Å². The molecule has 0 unspecified atom stereocenters. The third kappa shape index (κ3) is 6.12. The highest BCUT2D eigenvalue weighted by atomic mass is 32.2. The fourth-order valence-electron chi connectivity index (χ4n) is 4.57. The molecule has 0 atom stereocenters. The normalized spacial score (nSPS) is 16.0. The Morgan fingerprint density at radius 2 is 2.05 bits per heavy atom. The molecule has 2 aliphatic rings. The Bertz CT molecular complexity index is 1470. The van der Waals surface area contributed by atoms with Crippen molar-refractivity contribution in [1.29, 1.82) is 5.26 Å². The van der Waals surface area contributed by atoms with Crippen LogP contribution in [0.3, 0.4) is 0 Å². The first-order chi connectivity index (χ1) is 19.2. The monoisotopic (exact) mass is 568 g/mol. The largest absolute Gasteiger partial charge is 0.503 e. The number of benzene rings is 2. The van der Waals surface area contributed by atoms with Crippen molar-refractivity contribution in [2.45, 2.75) is 38.2 Å². The number of aromatic nitrogens is 2. The van der Waals surface area contributed by atoms with Gasteiger partial charge in [-0.25, -0.2) is 13.7 Å². The van der Waals surface area contributed by atoms with Gasteiger partial charge in [0.1, 0.15) is 25.0 Å². The molecule has 2 radical (unpaired) electrons. The number of aromatic hydroxyl groups is 2. The van der Waals surface area contributed by atoms with Crippen molar-refractivity contribution in [2.75, 3.05) is 38.0 Å². The SMILES string of the molecule is C1COC2(C1)CCNCC2.[B]c1c(Oc2c(F)ccc(NSN(C)CC)c2C#N)c(O)c(O)c2nc[nH]c(=O)c12. The topological polar surface area (TPSA) is 156 Å². The van der Waals surface area contributed by atoms with Crippen molar-refractivity contribution < 1.29 is 24.1 Å². The van der Waals surface area contributed by atoms with Gasteiger partial charge in [-0.1, -0.05) is 6.92 Å². The van der Waals surface area contributed by atoms with E-state index in [0.717, 1.165) is 32.1 Å². The molecule has 2 fully saturated rings. The molecule has 0 amide bonds. The number of rotatable bonds is 6. The van der Waals surface area contributed by atoms with Gasteiger partial charge in [0, 0.05) is 25.3 Å². The Labute approximate surface area is 236 Å². The van der Waals surface area contributed by atoms with Crippen LogP contribution in [0.25, 0.3) is 10.9 Å². The fourth-order valence-corrected chi connectivity index (χ4v) is 5.13. The van der Waals surface area contributed by atoms with E-state index in [1.54, 1.807) is 0 Å². The number of piperidine rings is 1. The van der Waals surface area contributed by atoms with Crippen molar-refractivity contribution in [3.63, 3.8) is 0 Å². The number of fused-ring (bicyclic) bond motifs is 1. The van der Waals surface area contributed by atoms with Crippen molar-refractivity contribution in [3.05, 3.63) is 40.2 Å². The lowest BCUT2D eigenvalue weighted by atomic mass is 9.90. The summed E-state index contributed by atoms with van der Waals surface area (Å²) >= 11 is 1.18. The maximum Gasteiger partial charge on any atom is 0.258 e. The first-order valence-corrected chi connectivity index (χ1v) is 13.6. The van der Waals surface area contributed by atoms with Crippen LogP contribution in [-0.2, 0) is 4.74 Å². The Kier molecular flexibility index (Phi) is 9.42. The summed E-state index contributed by atoms with van der Waals surface area (Å²) in [6, 6.07) is 4.26. The van der Waals surface area contributed by atoms with Crippen molar-refractivity contribution >= 4 is 42.0 Å². The maximum atomic E-state index is 14.5. The van der Waals surface area contributed by atoms with Gasteiger partial charge in [0.05, 0.1) is 23.0 Å². The number of nitriles is 1. The lowest BCUT2D eigenvalue weighted by Crippen LogP contribution is -2.41. The fraction of sp³-hybridized carbons (Fsp3) is 0.423. The molecule has 2 aliphatic heterocycles. The number of aromatic amines is 1. The highest BCUT2D eigenvalue weighted by molar-refractivity contribution is 7.98. The number of nitrogens with one attached hydrogen (secondary N) is 3. The van der Waals surface area contributed by atoms with Crippen LogP contribution in [0.5, 0.6) is 23.0 Å². The second-order valence-corrected chi connectivity index (χ2v) is 10.4. The van der Waals surface area contributed by atoms with Crippen LogP contribution >= 0.6 is 12.1 Å². The predicted octanol–water partition coefficient (Wildman–Crippen LogP) is 2.78. The van der Waals surface area contributed by atoms with E-state index in [-0.39, 0.29) is 27.6 Å². The molecule has 3 heterocycles. The number of hydrogen-bond donors (Lipinski definition) is 5. The number of halogens is 1. The summed E-state index contributed by atoms with van der Waals surface area (Å²) in [6.45, 7) is 5.93. The molecule has 14 heteroatoms. The zero-order chi connectivity index (χ0) is 28.9. The van der Waals surface area contributed by atoms with E-state index in [1.165, 1.54) is 43.9 Å². The van der Waals surface area contributed by atoms with Gasteiger partial charge in [-0.3, -0.25) is 4.79 Å². The van der Waals surface area contributed by atoms with Crippen molar-refractivity contribution in [1.82, 2.24) is 19.6 Å². The van der Waals surface area contributed by atoms with Crippen molar-refractivity contribution in [2.24, 2.45) is 0 Å². The first-order valence-electron chi connectivity index (χ1n) is 12.8. The smallest absolute Gasteiger partial charge is 0.258 e. The number of phenolic OH excluding ortho intramolecular Hbond substituents is 2. The lowest BCUT2D eigenvalue weighted by molar-refractivity contribution is -0.0190. The summed E-state index contributed by atoms with van der Waals surface area (Å²) < 4.78 is 30.5. The van der Waals surface area contributed by atoms with Gasteiger partial charge in [0.15, 0.2) is 23.1 Å². The Morgan fingerprint density at radius 1 is 1.30 bits per heavy atom. The van der Waals surface area contributed by atoms with Crippen molar-refractivity contribution in [3.8, 4) is 29.1 Å². The van der Waals surface area contributed by atoms with Gasteiger partial charge in [-0.15, -0.1) is 0 Å². The predicted molar refractivity (Wildman–Crippen MR) is 152 cm³/mol. The number of ether oxygens (including phenoxy) is 2. The molecule has 11 nitrogen and oxygen atoms in total. The van der Waals surface area contributed by atoms with E-state index in [2.05, 4.69) is 20.0 Å². The molecule has 2 aromatic carbocycles. The average molecular weight is 568 g/mol. The molecule has 1 aromatic heterocycles. The highest BCUT2D eigenvalue weighted by Gasteiger charge is 2.35. The molecule has 0 bridgehead atoms. The molecule has 0 aliphatic carbocycles. The van der Waals surface area contributed by atoms with Gasteiger partial charge in [0.2, 0.25) is 5.75 Å². The quantitative estimate of drug-likeness (QED) is 0.169. The first kappa shape index (κ1) is 29.5. The number of hydrogen-bond acceptors (Lipinski definition) is 11. The van der Waals surface area contributed by atoms with Gasteiger partial charge in [-0.05, 0) is 63.4 Å². The average Bonchev–Trinajstić information content (AvgIpc) is 3.41. The van der Waals surface area contributed by atoms with Gasteiger partial charge in [0.25, 0.3) is 5.56 Å². The number of H-pyrrole nitrogens is 1. The summed E-state index contributed by atoms with van der Waals surface area (Å²) in [4.78, 5) is 18.2. The van der Waals surface area contributed by atoms with Crippen LogP contribution in [0.1, 0.15) is 38.2 Å². The van der Waals surface area contributed by atoms with E-state index in [0.29, 0.717) is 12.1 Å². The van der Waals surface area contributed by atoms with Crippen LogP contribution in [0, 0.1) is 17.1 Å². The summed E-state index contributed by atoms with van der Waals surface area (Å²) in [5, 5.41) is 33.2. The zero-order valence-corrected chi connectivity index (χ0v) is 23.0. The van der Waals surface area contributed by atoms with Crippen LogP contribution in [0.15, 0.2) is 23.3 Å². The second-order valence-electron chi connectivity index (χ2n) is 9.43. The molecule has 40 heavy (non-hydrogen) atoms. The zero-order valence-electron chi connectivity index (χ0n) is 22.2. The summed E-state index contributed by atoms with van der Waals surface area (Å²) in [7, 11) is 7.76. The molecular formula is C26H30BFN6O5S. The number of phenols is 2. The molecule has 210 valence electrons. The van der Waals surface area contributed by atoms with Crippen LogP contribution < -0.4 is 25.8 Å². The van der Waals surface area contributed by atoms with E-state index in [9.17, 15) is 24.7 Å². The summed E-state index contributed by atoms with van der Waals surface area (Å²) in [6.07, 6.45) is 6.06. The molecular weight excluding hydrogens is 538 g/mol. The molecule has 1 spiro atoms. The molecule has 0 saturated carbocycles. The third-order valence-electron chi connectivity index (χ3n) is 6.91. The van der Waals surface area contributed by atoms with Gasteiger partial charge in [-0.2, -0.15) is 5.26 Å². The minimum Gasteiger partial charge on any atom is -0.503 e. The molecule has 5 N–H and O–H groups in total. The Morgan fingerprint density at radius 3 is 2.70 bits per heavy atom. The van der Waals surface area contributed by atoms with E-state index in [4.69, 9.17) is 17.3 Å². The minimum atomic E-state index is -0.913. The maximum absolute atomic E-state index is 14.5. The van der Waals surface area contributed by atoms with Gasteiger partial charge < -0.3 is 34.7 Å². The summed E-state index contributed by atoms with van der Waals surface area (Å²) in [5.41, 5.74) is -0.973. The summed E-state index contributed by atoms with van der Waals surface area (Å²) in [5.74, 6) is -3.65. The second kappa shape index (κ2) is 12.8. The lowest BCUT2D eigenvalue weighted by Gasteiger charge is -2.32. The van der Waals surface area contributed by atoms with Gasteiger partial charge >= 0.3 is 0 Å². The Hall–Kier alpha value is -3.51. The highest BCUT2D eigenvalue weighted by Crippen LogP contribution is 2.42. The van der Waals surface area contributed by atoms with E-state index in [1.807, 2.05) is 24.3 Å². The minimum absolute atomic E-state index is 0.203. The Balaban J connectivity index is 0.000000307. The number of nitrogens with zero attached hydrogens (tertiary/aromatic N) is 3. The molecule has 5 rings (SSSR count). The molecule has 2 saturated heterocycles. The van der Waals surface area contributed by atoms with Crippen LogP contribution in [0.4, 0.5) is 10.1 Å². The number of anilines is 1. The van der Waals surface area contributed by atoms with Crippen LogP contribution in [-0.4, -0.2) is 71.2 Å². The third-order valence-corrected chi connectivity index (χ3v) is 7.79. The van der Waals surface area contributed by atoms with Crippen LogP contribution in [0.2, 0.25) is 0 Å². The molecule has 3 aromatic rings. The van der Waals surface area contributed by atoms with E-state index < -0.39 is 34.4 Å².